The summed E-state index contributed by atoms with van der Waals surface area (Å²) in [6.45, 7) is 5.51. The maximum atomic E-state index is 12.8. The Morgan fingerprint density at radius 3 is 2.55 bits per heavy atom. The Hall–Kier alpha value is -3.35. The lowest BCUT2D eigenvalue weighted by molar-refractivity contribution is -0.125. The van der Waals surface area contributed by atoms with Crippen molar-refractivity contribution in [2.24, 2.45) is 5.92 Å². The van der Waals surface area contributed by atoms with Crippen LogP contribution in [0.2, 0.25) is 0 Å². The highest BCUT2D eigenvalue weighted by molar-refractivity contribution is 5.99. The fourth-order valence-corrected chi connectivity index (χ4v) is 3.57. The fraction of sp³-hybridized carbons (Fsp3) is 0.375. The van der Waals surface area contributed by atoms with E-state index < -0.39 is 5.97 Å². The predicted molar refractivity (Wildman–Crippen MR) is 115 cm³/mol. The predicted octanol–water partition coefficient (Wildman–Crippen LogP) is 4.10. The molecule has 0 bridgehead atoms. The summed E-state index contributed by atoms with van der Waals surface area (Å²) in [4.78, 5) is 25.0. The zero-order valence-electron chi connectivity index (χ0n) is 17.9. The van der Waals surface area contributed by atoms with Gasteiger partial charge in [-0.2, -0.15) is 0 Å². The van der Waals surface area contributed by atoms with Crippen molar-refractivity contribution in [3.05, 3.63) is 59.0 Å². The molecule has 3 aromatic rings. The van der Waals surface area contributed by atoms with Crippen molar-refractivity contribution in [2.75, 3.05) is 6.61 Å². The number of carbonyl (C=O) groups excluding carboxylic acids is 2. The molecule has 0 unspecified atom stereocenters. The molecule has 1 aromatic heterocycles. The van der Waals surface area contributed by atoms with Crippen molar-refractivity contribution in [3.63, 3.8) is 0 Å². The molecule has 1 heterocycles. The average Bonchev–Trinajstić information content (AvgIpc) is 3.56. The van der Waals surface area contributed by atoms with Crippen molar-refractivity contribution in [1.29, 1.82) is 0 Å². The largest absolute Gasteiger partial charge is 0.488 e. The molecule has 7 nitrogen and oxygen atoms in total. The molecule has 162 valence electrons. The van der Waals surface area contributed by atoms with E-state index in [1.54, 1.807) is 12.1 Å². The summed E-state index contributed by atoms with van der Waals surface area (Å²) in [6, 6.07) is 11.3. The first-order valence-electron chi connectivity index (χ1n) is 10.5. The standard InChI is InChI=1S/C24H26N2O5/c1-14(17-8-9-17)25-23(27)13-30-24(28)20-10-18-6-4-5-7-19(18)11-22(20)29-12-21-15(2)26-31-16(21)3/h4-7,10-11,14,17H,8-9,12-13H2,1-3H3,(H,25,27)/t14-/m0/s1. The molecule has 0 saturated heterocycles. The van der Waals surface area contributed by atoms with Crippen LogP contribution in [0.3, 0.4) is 0 Å². The molecule has 0 spiro atoms. The Balaban J connectivity index is 1.51. The van der Waals surface area contributed by atoms with Crippen LogP contribution >= 0.6 is 0 Å². The summed E-state index contributed by atoms with van der Waals surface area (Å²) in [5.41, 5.74) is 1.85. The van der Waals surface area contributed by atoms with E-state index in [4.69, 9.17) is 14.0 Å². The number of aryl methyl sites for hydroxylation is 2. The first-order valence-corrected chi connectivity index (χ1v) is 10.5. The minimum atomic E-state index is -0.603. The minimum Gasteiger partial charge on any atom is -0.488 e. The molecule has 4 rings (SSSR count). The molecular weight excluding hydrogens is 396 g/mol. The average molecular weight is 422 g/mol. The first-order chi connectivity index (χ1) is 14.9. The summed E-state index contributed by atoms with van der Waals surface area (Å²) < 4.78 is 16.5. The molecule has 0 radical (unpaired) electrons. The number of nitrogens with one attached hydrogen (secondary N) is 1. The SMILES string of the molecule is Cc1noc(C)c1COc1cc2ccccc2cc1C(=O)OCC(=O)N[C@@H](C)C1CC1. The van der Waals surface area contributed by atoms with Gasteiger partial charge in [0.1, 0.15) is 23.7 Å². The summed E-state index contributed by atoms with van der Waals surface area (Å²) in [7, 11) is 0. The number of esters is 1. The fourth-order valence-electron chi connectivity index (χ4n) is 3.57. The lowest BCUT2D eigenvalue weighted by Gasteiger charge is -2.14. The van der Waals surface area contributed by atoms with Gasteiger partial charge in [0.15, 0.2) is 6.61 Å². The van der Waals surface area contributed by atoms with Gasteiger partial charge in [-0.3, -0.25) is 4.79 Å². The van der Waals surface area contributed by atoms with Crippen LogP contribution < -0.4 is 10.1 Å². The van der Waals surface area contributed by atoms with Gasteiger partial charge in [0.2, 0.25) is 0 Å². The highest BCUT2D eigenvalue weighted by atomic mass is 16.5. The molecule has 0 aliphatic heterocycles. The zero-order chi connectivity index (χ0) is 22.0. The Morgan fingerprint density at radius 1 is 1.19 bits per heavy atom. The van der Waals surface area contributed by atoms with Crippen LogP contribution in [-0.4, -0.2) is 29.7 Å². The molecule has 1 N–H and O–H groups in total. The Kier molecular flexibility index (Phi) is 5.93. The van der Waals surface area contributed by atoms with E-state index in [-0.39, 0.29) is 30.7 Å². The van der Waals surface area contributed by atoms with Gasteiger partial charge in [-0.25, -0.2) is 4.79 Å². The van der Waals surface area contributed by atoms with Crippen LogP contribution in [0.15, 0.2) is 40.9 Å². The molecule has 1 amide bonds. The second-order valence-corrected chi connectivity index (χ2v) is 8.06. The third kappa shape index (κ3) is 4.87. The Morgan fingerprint density at radius 2 is 1.90 bits per heavy atom. The molecule has 1 aliphatic rings. The van der Waals surface area contributed by atoms with E-state index in [2.05, 4.69) is 10.5 Å². The van der Waals surface area contributed by atoms with Crippen LogP contribution in [0.1, 0.15) is 47.1 Å². The molecular formula is C24H26N2O5. The van der Waals surface area contributed by atoms with Crippen LogP contribution in [0.4, 0.5) is 0 Å². The maximum absolute atomic E-state index is 12.8. The molecule has 7 heteroatoms. The number of fused-ring (bicyclic) bond motifs is 1. The van der Waals surface area contributed by atoms with Gasteiger partial charge in [0.25, 0.3) is 5.91 Å². The van der Waals surface area contributed by atoms with E-state index in [1.807, 2.05) is 45.0 Å². The third-order valence-corrected chi connectivity index (χ3v) is 5.67. The van der Waals surface area contributed by atoms with Gasteiger partial charge in [-0.1, -0.05) is 29.4 Å². The summed E-state index contributed by atoms with van der Waals surface area (Å²) in [5.74, 6) is 0.685. The van der Waals surface area contributed by atoms with Gasteiger partial charge < -0.3 is 19.3 Å². The number of amides is 1. The number of benzene rings is 2. The second-order valence-electron chi connectivity index (χ2n) is 8.06. The highest BCUT2D eigenvalue weighted by Gasteiger charge is 2.29. The van der Waals surface area contributed by atoms with Gasteiger partial charge in [-0.05, 0) is 62.4 Å². The molecule has 1 aliphatic carbocycles. The summed E-state index contributed by atoms with van der Waals surface area (Å²) in [5, 5.41) is 8.63. The number of nitrogens with zero attached hydrogens (tertiary/aromatic N) is 1. The van der Waals surface area contributed by atoms with Gasteiger partial charge in [-0.15, -0.1) is 0 Å². The van der Waals surface area contributed by atoms with Crippen molar-refractivity contribution in [2.45, 2.75) is 46.3 Å². The quantitative estimate of drug-likeness (QED) is 0.550. The number of ether oxygens (including phenoxy) is 2. The number of hydrogen-bond donors (Lipinski definition) is 1. The third-order valence-electron chi connectivity index (χ3n) is 5.67. The number of aromatic nitrogens is 1. The smallest absolute Gasteiger partial charge is 0.342 e. The van der Waals surface area contributed by atoms with E-state index in [0.717, 1.165) is 34.9 Å². The van der Waals surface area contributed by atoms with E-state index in [0.29, 0.717) is 17.4 Å². The molecule has 31 heavy (non-hydrogen) atoms. The lowest BCUT2D eigenvalue weighted by Crippen LogP contribution is -2.37. The van der Waals surface area contributed by atoms with Gasteiger partial charge in [0, 0.05) is 6.04 Å². The van der Waals surface area contributed by atoms with Crippen molar-refractivity contribution >= 4 is 22.6 Å². The van der Waals surface area contributed by atoms with Gasteiger partial charge in [0.05, 0.1) is 11.3 Å². The molecule has 1 saturated carbocycles. The van der Waals surface area contributed by atoms with Gasteiger partial charge >= 0.3 is 5.97 Å². The number of rotatable bonds is 8. The van der Waals surface area contributed by atoms with Crippen LogP contribution in [-0.2, 0) is 16.1 Å². The minimum absolute atomic E-state index is 0.0980. The Bertz CT molecular complexity index is 1100. The normalized spacial score (nSPS) is 14.3. The van der Waals surface area contributed by atoms with Crippen molar-refractivity contribution in [1.82, 2.24) is 10.5 Å². The molecule has 1 atom stereocenters. The first kappa shape index (κ1) is 20.9. The van der Waals surface area contributed by atoms with Crippen molar-refractivity contribution in [3.8, 4) is 5.75 Å². The topological polar surface area (TPSA) is 90.7 Å². The second kappa shape index (κ2) is 8.79. The molecule has 1 fully saturated rings. The van der Waals surface area contributed by atoms with E-state index in [9.17, 15) is 9.59 Å². The zero-order valence-corrected chi connectivity index (χ0v) is 17.9. The number of carbonyl (C=O) groups is 2. The monoisotopic (exact) mass is 422 g/mol. The van der Waals surface area contributed by atoms with Crippen molar-refractivity contribution < 1.29 is 23.6 Å². The van der Waals surface area contributed by atoms with Crippen LogP contribution in [0.25, 0.3) is 10.8 Å². The highest BCUT2D eigenvalue weighted by Crippen LogP contribution is 2.32. The van der Waals surface area contributed by atoms with E-state index in [1.165, 1.54) is 0 Å². The van der Waals surface area contributed by atoms with Crippen LogP contribution in [0, 0.1) is 19.8 Å². The summed E-state index contributed by atoms with van der Waals surface area (Å²) in [6.07, 6.45) is 2.26. The lowest BCUT2D eigenvalue weighted by atomic mass is 10.1. The summed E-state index contributed by atoms with van der Waals surface area (Å²) >= 11 is 0. The maximum Gasteiger partial charge on any atom is 0.342 e. The molecule has 2 aromatic carbocycles. The van der Waals surface area contributed by atoms with Crippen LogP contribution in [0.5, 0.6) is 5.75 Å². The number of hydrogen-bond acceptors (Lipinski definition) is 6. The van der Waals surface area contributed by atoms with E-state index >= 15 is 0 Å². The Labute approximate surface area is 180 Å².